The molecule has 2 aromatic heterocycles. The molecular formula is C21H28N4O2S. The van der Waals surface area contributed by atoms with Crippen LogP contribution in [0.3, 0.4) is 0 Å². The zero-order valence-electron chi connectivity index (χ0n) is 16.2. The summed E-state index contributed by atoms with van der Waals surface area (Å²) >= 11 is 1.62. The number of hydrogen-bond acceptors (Lipinski definition) is 4. The summed E-state index contributed by atoms with van der Waals surface area (Å²) in [7, 11) is 0. The van der Waals surface area contributed by atoms with E-state index < -0.39 is 0 Å². The van der Waals surface area contributed by atoms with Gasteiger partial charge in [0.2, 0.25) is 5.91 Å². The van der Waals surface area contributed by atoms with E-state index in [0.29, 0.717) is 11.7 Å². The Bertz CT molecular complexity index is 810. The number of nitrogens with zero attached hydrogens (tertiary/aromatic N) is 2. The molecule has 0 aromatic carbocycles. The molecule has 0 spiro atoms. The molecule has 7 heteroatoms. The molecule has 0 bridgehead atoms. The van der Waals surface area contributed by atoms with E-state index in [4.69, 9.17) is 0 Å². The van der Waals surface area contributed by atoms with Gasteiger partial charge in [0.05, 0.1) is 16.8 Å². The summed E-state index contributed by atoms with van der Waals surface area (Å²) in [4.78, 5) is 26.9. The van der Waals surface area contributed by atoms with Gasteiger partial charge in [0, 0.05) is 17.1 Å². The fraction of sp³-hybridized carbons (Fsp3) is 0.571. The number of thiophene rings is 1. The van der Waals surface area contributed by atoms with Crippen LogP contribution in [0.2, 0.25) is 0 Å². The average molecular weight is 401 g/mol. The summed E-state index contributed by atoms with van der Waals surface area (Å²) in [5, 5.41) is 10.2. The Kier molecular flexibility index (Phi) is 6.10. The van der Waals surface area contributed by atoms with Crippen LogP contribution in [-0.2, 0) is 24.2 Å². The average Bonchev–Trinajstić information content (AvgIpc) is 3.37. The van der Waals surface area contributed by atoms with Crippen molar-refractivity contribution in [1.82, 2.24) is 15.1 Å². The first kappa shape index (κ1) is 19.2. The monoisotopic (exact) mass is 400 g/mol. The van der Waals surface area contributed by atoms with E-state index in [9.17, 15) is 9.59 Å². The van der Waals surface area contributed by atoms with Gasteiger partial charge < -0.3 is 10.6 Å². The molecule has 4 rings (SSSR count). The number of rotatable bonds is 5. The fourth-order valence-corrected chi connectivity index (χ4v) is 5.30. The highest BCUT2D eigenvalue weighted by atomic mass is 32.1. The molecule has 0 saturated heterocycles. The van der Waals surface area contributed by atoms with Crippen LogP contribution in [0, 0.1) is 0 Å². The Morgan fingerprint density at radius 3 is 2.71 bits per heavy atom. The molecule has 0 unspecified atom stereocenters. The first-order valence-electron chi connectivity index (χ1n) is 10.4. The van der Waals surface area contributed by atoms with E-state index in [1.165, 1.54) is 49.0 Å². The normalized spacial score (nSPS) is 17.6. The summed E-state index contributed by atoms with van der Waals surface area (Å²) in [6, 6.07) is 2.36. The summed E-state index contributed by atoms with van der Waals surface area (Å²) in [6.45, 7) is 0.180. The predicted molar refractivity (Wildman–Crippen MR) is 111 cm³/mol. The van der Waals surface area contributed by atoms with Gasteiger partial charge in [-0.15, -0.1) is 11.3 Å². The number of aryl methyl sites for hydroxylation is 2. The van der Waals surface area contributed by atoms with Crippen LogP contribution < -0.4 is 10.6 Å². The number of amides is 2. The van der Waals surface area contributed by atoms with Crippen molar-refractivity contribution in [3.8, 4) is 0 Å². The third kappa shape index (κ3) is 4.82. The Balaban J connectivity index is 1.33. The molecule has 28 heavy (non-hydrogen) atoms. The fourth-order valence-electron chi connectivity index (χ4n) is 4.15. The molecular weight excluding hydrogens is 372 g/mol. The molecule has 1 fully saturated rings. The van der Waals surface area contributed by atoms with Crippen molar-refractivity contribution in [2.24, 2.45) is 0 Å². The smallest absolute Gasteiger partial charge is 0.265 e. The largest absolute Gasteiger partial charge is 0.352 e. The van der Waals surface area contributed by atoms with Crippen LogP contribution in [0.4, 0.5) is 5.69 Å². The van der Waals surface area contributed by atoms with Gasteiger partial charge in [-0.3, -0.25) is 14.3 Å². The quantitative estimate of drug-likeness (QED) is 0.799. The standard InChI is InChI=1S/C21H28N4O2S/c26-20(23-16-8-5-6-9-16)14-25-13-17(12-22-25)24-21(27)19-11-15-7-3-1-2-4-10-18(15)28-19/h11-13,16H,1-10,14H2,(H,23,26)(H,24,27). The Morgan fingerprint density at radius 2 is 1.89 bits per heavy atom. The van der Waals surface area contributed by atoms with Crippen LogP contribution in [0.25, 0.3) is 0 Å². The minimum Gasteiger partial charge on any atom is -0.352 e. The van der Waals surface area contributed by atoms with Gasteiger partial charge in [0.25, 0.3) is 5.91 Å². The summed E-state index contributed by atoms with van der Waals surface area (Å²) in [5.41, 5.74) is 1.97. The molecule has 6 nitrogen and oxygen atoms in total. The van der Waals surface area contributed by atoms with E-state index in [0.717, 1.165) is 30.6 Å². The minimum absolute atomic E-state index is 0.0223. The maximum Gasteiger partial charge on any atom is 0.265 e. The molecule has 2 amide bonds. The van der Waals surface area contributed by atoms with Gasteiger partial charge in [0.15, 0.2) is 0 Å². The van der Waals surface area contributed by atoms with Gasteiger partial charge >= 0.3 is 0 Å². The van der Waals surface area contributed by atoms with Crippen LogP contribution in [0.5, 0.6) is 0 Å². The van der Waals surface area contributed by atoms with Gasteiger partial charge in [-0.2, -0.15) is 5.10 Å². The number of nitrogens with one attached hydrogen (secondary N) is 2. The van der Waals surface area contributed by atoms with Gasteiger partial charge in [-0.25, -0.2) is 0 Å². The van der Waals surface area contributed by atoms with Crippen LogP contribution in [0.1, 0.15) is 71.5 Å². The van der Waals surface area contributed by atoms with Crippen molar-refractivity contribution in [2.75, 3.05) is 5.32 Å². The summed E-state index contributed by atoms with van der Waals surface area (Å²) in [5.74, 6) is -0.113. The van der Waals surface area contributed by atoms with Crippen LogP contribution in [0.15, 0.2) is 18.5 Å². The third-order valence-corrected chi connectivity index (χ3v) is 6.87. The number of fused-ring (bicyclic) bond motifs is 1. The van der Waals surface area contributed by atoms with E-state index in [1.807, 2.05) is 0 Å². The zero-order chi connectivity index (χ0) is 19.3. The molecule has 0 aliphatic heterocycles. The van der Waals surface area contributed by atoms with Crippen LogP contribution >= 0.6 is 11.3 Å². The van der Waals surface area contributed by atoms with Crippen molar-refractivity contribution in [3.05, 3.63) is 33.8 Å². The van der Waals surface area contributed by atoms with E-state index >= 15 is 0 Å². The lowest BCUT2D eigenvalue weighted by Crippen LogP contribution is -2.35. The predicted octanol–water partition coefficient (Wildman–Crippen LogP) is 3.91. The maximum atomic E-state index is 12.6. The Labute approximate surface area is 169 Å². The number of anilines is 1. The molecule has 2 aliphatic carbocycles. The molecule has 1 saturated carbocycles. The van der Waals surface area contributed by atoms with Gasteiger partial charge in [0.1, 0.15) is 6.54 Å². The summed E-state index contributed by atoms with van der Waals surface area (Å²) < 4.78 is 1.58. The Hall–Kier alpha value is -2.15. The second-order valence-corrected chi connectivity index (χ2v) is 9.04. The van der Waals surface area contributed by atoms with Crippen molar-refractivity contribution in [1.29, 1.82) is 0 Å². The molecule has 0 atom stereocenters. The zero-order valence-corrected chi connectivity index (χ0v) is 17.0. The van der Waals surface area contributed by atoms with Crippen molar-refractivity contribution >= 4 is 28.8 Å². The first-order valence-corrected chi connectivity index (χ1v) is 11.2. The minimum atomic E-state index is -0.0910. The highest BCUT2D eigenvalue weighted by molar-refractivity contribution is 7.14. The van der Waals surface area contributed by atoms with Gasteiger partial charge in [-0.1, -0.05) is 25.7 Å². The molecule has 2 heterocycles. The van der Waals surface area contributed by atoms with Crippen molar-refractivity contribution < 1.29 is 9.59 Å². The summed E-state index contributed by atoms with van der Waals surface area (Å²) in [6.07, 6.45) is 15.0. The highest BCUT2D eigenvalue weighted by Crippen LogP contribution is 2.29. The van der Waals surface area contributed by atoms with E-state index in [1.54, 1.807) is 28.4 Å². The highest BCUT2D eigenvalue weighted by Gasteiger charge is 2.18. The maximum absolute atomic E-state index is 12.6. The number of aromatic nitrogens is 2. The second kappa shape index (κ2) is 8.90. The lowest BCUT2D eigenvalue weighted by Gasteiger charge is -2.11. The molecule has 2 N–H and O–H groups in total. The lowest BCUT2D eigenvalue weighted by atomic mass is 10.00. The molecule has 2 aliphatic rings. The third-order valence-electron chi connectivity index (χ3n) is 5.64. The Morgan fingerprint density at radius 1 is 1.11 bits per heavy atom. The molecule has 2 aromatic rings. The van der Waals surface area contributed by atoms with E-state index in [-0.39, 0.29) is 18.4 Å². The topological polar surface area (TPSA) is 76.0 Å². The van der Waals surface area contributed by atoms with Crippen molar-refractivity contribution in [3.63, 3.8) is 0 Å². The lowest BCUT2D eigenvalue weighted by molar-refractivity contribution is -0.122. The van der Waals surface area contributed by atoms with E-state index in [2.05, 4.69) is 21.8 Å². The second-order valence-electron chi connectivity index (χ2n) is 7.90. The first-order chi connectivity index (χ1) is 13.7. The van der Waals surface area contributed by atoms with Gasteiger partial charge in [-0.05, 0) is 50.2 Å². The molecule has 150 valence electrons. The van der Waals surface area contributed by atoms with Crippen molar-refractivity contribution in [2.45, 2.75) is 76.8 Å². The number of hydrogen-bond donors (Lipinski definition) is 2. The number of carbonyl (C=O) groups is 2. The molecule has 0 radical (unpaired) electrons. The van der Waals surface area contributed by atoms with Crippen LogP contribution in [-0.4, -0.2) is 27.6 Å². The SMILES string of the molecule is O=C(Cn1cc(NC(=O)c2cc3c(s2)CCCCCC3)cn1)NC1CCCC1. The number of carbonyl (C=O) groups excluding carboxylic acids is 2.